The van der Waals surface area contributed by atoms with Crippen LogP contribution in [-0.4, -0.2) is 31.3 Å². The molecular weight excluding hydrogens is 315 g/mol. The normalized spacial score (nSPS) is 13.9. The Hall–Kier alpha value is -0.501. The fraction of sp³-hybridized carbons (Fsp3) is 0.500. The van der Waals surface area contributed by atoms with E-state index in [0.717, 1.165) is 17.3 Å². The van der Waals surface area contributed by atoms with E-state index in [1.54, 1.807) is 0 Å². The zero-order valence-corrected chi connectivity index (χ0v) is 13.3. The van der Waals surface area contributed by atoms with E-state index in [9.17, 15) is 4.79 Å². The van der Waals surface area contributed by atoms with E-state index >= 15 is 0 Å². The number of alkyl halides is 1. The predicted octanol–water partition coefficient (Wildman–Crippen LogP) is 2.70. The number of unbranched alkanes of at least 4 members (excludes halogenated alkanes) is 1. The molecule has 0 aliphatic carbocycles. The molecule has 0 aromatic heterocycles. The molecule has 1 atom stereocenters. The van der Waals surface area contributed by atoms with Crippen LogP contribution in [0.15, 0.2) is 30.3 Å². The van der Waals surface area contributed by atoms with Crippen molar-refractivity contribution >= 4 is 37.0 Å². The summed E-state index contributed by atoms with van der Waals surface area (Å²) < 4.78 is 5.39. The first-order valence-electron chi connectivity index (χ1n) is 6.22. The third-order valence-electron chi connectivity index (χ3n) is 2.45. The Morgan fingerprint density at radius 2 is 2.00 bits per heavy atom. The number of carbonyl (C=O) groups is 1. The maximum atomic E-state index is 12.0. The molecule has 1 unspecified atom stereocenters. The van der Waals surface area contributed by atoms with Crippen LogP contribution in [0.3, 0.4) is 0 Å². The van der Waals surface area contributed by atoms with Crippen LogP contribution in [-0.2, 0) is 9.53 Å². The van der Waals surface area contributed by atoms with Crippen molar-refractivity contribution in [3.8, 4) is 0 Å². The van der Waals surface area contributed by atoms with Crippen LogP contribution >= 0.6 is 11.6 Å². The van der Waals surface area contributed by atoms with E-state index in [-0.39, 0.29) is 20.9 Å². The summed E-state index contributed by atoms with van der Waals surface area (Å²) in [5.41, 5.74) is 0. The molecular formula is C14H19ClO2Se. The molecule has 0 N–H and O–H groups in total. The minimum absolute atomic E-state index is 0.114. The van der Waals surface area contributed by atoms with Gasteiger partial charge in [-0.25, -0.2) is 0 Å². The van der Waals surface area contributed by atoms with Crippen LogP contribution in [0.4, 0.5) is 0 Å². The summed E-state index contributed by atoms with van der Waals surface area (Å²) in [4.78, 5) is 12.0. The van der Waals surface area contributed by atoms with Gasteiger partial charge in [-0.2, -0.15) is 0 Å². The van der Waals surface area contributed by atoms with Gasteiger partial charge in [-0.05, 0) is 0 Å². The van der Waals surface area contributed by atoms with Crippen molar-refractivity contribution < 1.29 is 9.53 Å². The van der Waals surface area contributed by atoms with Gasteiger partial charge in [-0.1, -0.05) is 0 Å². The van der Waals surface area contributed by atoms with Gasteiger partial charge in [0.2, 0.25) is 0 Å². The molecule has 1 aromatic carbocycles. The molecule has 1 aromatic rings. The Labute approximate surface area is 120 Å². The van der Waals surface area contributed by atoms with Gasteiger partial charge >= 0.3 is 120 Å². The number of rotatable bonds is 7. The Morgan fingerprint density at radius 3 is 2.56 bits per heavy atom. The van der Waals surface area contributed by atoms with E-state index in [2.05, 4.69) is 6.92 Å². The van der Waals surface area contributed by atoms with Crippen molar-refractivity contribution in [2.75, 3.05) is 6.61 Å². The van der Waals surface area contributed by atoms with Crippen molar-refractivity contribution in [2.45, 2.75) is 36.9 Å². The number of esters is 1. The molecule has 1 rings (SSSR count). The summed E-state index contributed by atoms with van der Waals surface area (Å²) in [5.74, 6) is -0.274. The van der Waals surface area contributed by atoms with Gasteiger partial charge in [0.25, 0.3) is 0 Å². The van der Waals surface area contributed by atoms with Crippen LogP contribution in [0, 0.1) is 0 Å². The molecule has 0 fully saturated rings. The SMILES string of the molecule is CCCCC(Cl)([Se]c1ccccc1)C(=O)OCC. The van der Waals surface area contributed by atoms with Crippen LogP contribution in [0.25, 0.3) is 0 Å². The van der Waals surface area contributed by atoms with E-state index in [1.165, 1.54) is 0 Å². The van der Waals surface area contributed by atoms with Crippen LogP contribution in [0.5, 0.6) is 0 Å². The van der Waals surface area contributed by atoms with Gasteiger partial charge in [-0.15, -0.1) is 0 Å². The molecule has 0 aliphatic rings. The molecule has 0 amide bonds. The zero-order valence-electron chi connectivity index (χ0n) is 10.8. The fourth-order valence-electron chi connectivity index (χ4n) is 1.51. The average molecular weight is 334 g/mol. The number of carbonyl (C=O) groups excluding carboxylic acids is 1. The standard InChI is InChI=1S/C14H19ClO2Se/c1-3-5-11-14(15,13(16)17-4-2)18-12-9-7-6-8-10-12/h6-10H,3-5,11H2,1-2H3. The first kappa shape index (κ1) is 15.6. The second-order valence-corrected chi connectivity index (χ2v) is 8.00. The molecule has 0 aliphatic heterocycles. The van der Waals surface area contributed by atoms with Crippen molar-refractivity contribution in [3.63, 3.8) is 0 Å². The summed E-state index contributed by atoms with van der Waals surface area (Å²) in [6.45, 7) is 4.28. The third kappa shape index (κ3) is 4.64. The average Bonchev–Trinajstić information content (AvgIpc) is 2.38. The first-order chi connectivity index (χ1) is 8.62. The Bertz CT molecular complexity index is 369. The third-order valence-corrected chi connectivity index (χ3v) is 5.72. The second kappa shape index (κ2) is 7.83. The molecule has 0 heterocycles. The molecule has 18 heavy (non-hydrogen) atoms. The van der Waals surface area contributed by atoms with Gasteiger partial charge in [-0.3, -0.25) is 0 Å². The Balaban J connectivity index is 2.80. The van der Waals surface area contributed by atoms with Crippen molar-refractivity contribution in [2.24, 2.45) is 0 Å². The van der Waals surface area contributed by atoms with Gasteiger partial charge < -0.3 is 0 Å². The fourth-order valence-corrected chi connectivity index (χ4v) is 4.38. The van der Waals surface area contributed by atoms with Crippen molar-refractivity contribution in [1.82, 2.24) is 0 Å². The summed E-state index contributed by atoms with van der Waals surface area (Å²) in [7, 11) is 0. The summed E-state index contributed by atoms with van der Waals surface area (Å²) in [6.07, 6.45) is 2.65. The summed E-state index contributed by atoms with van der Waals surface area (Å²) in [6, 6.07) is 9.94. The van der Waals surface area contributed by atoms with Gasteiger partial charge in [0.1, 0.15) is 0 Å². The quantitative estimate of drug-likeness (QED) is 0.436. The molecule has 0 saturated carbocycles. The number of hydrogen-bond donors (Lipinski definition) is 0. The van der Waals surface area contributed by atoms with E-state index in [1.807, 2.05) is 37.3 Å². The topological polar surface area (TPSA) is 26.3 Å². The van der Waals surface area contributed by atoms with Gasteiger partial charge in [0.15, 0.2) is 0 Å². The molecule has 100 valence electrons. The molecule has 0 radical (unpaired) electrons. The second-order valence-electron chi connectivity index (χ2n) is 3.97. The summed E-state index contributed by atoms with van der Waals surface area (Å²) in [5, 5.41) is 0. The minimum atomic E-state index is -0.861. The molecule has 4 heteroatoms. The molecule has 2 nitrogen and oxygen atoms in total. The number of ether oxygens (including phenoxy) is 1. The predicted molar refractivity (Wildman–Crippen MR) is 76.6 cm³/mol. The van der Waals surface area contributed by atoms with Crippen LogP contribution in [0.2, 0.25) is 0 Å². The van der Waals surface area contributed by atoms with Gasteiger partial charge in [0.05, 0.1) is 0 Å². The first-order valence-corrected chi connectivity index (χ1v) is 8.31. The number of hydrogen-bond acceptors (Lipinski definition) is 2. The number of benzene rings is 1. The van der Waals surface area contributed by atoms with E-state index < -0.39 is 3.77 Å². The number of halogens is 1. The van der Waals surface area contributed by atoms with Crippen LogP contribution < -0.4 is 4.46 Å². The van der Waals surface area contributed by atoms with Crippen molar-refractivity contribution in [1.29, 1.82) is 0 Å². The van der Waals surface area contributed by atoms with Gasteiger partial charge in [0, 0.05) is 0 Å². The Kier molecular flexibility index (Phi) is 6.77. The molecule has 0 saturated heterocycles. The molecule has 0 spiro atoms. The van der Waals surface area contributed by atoms with E-state index in [4.69, 9.17) is 16.3 Å². The monoisotopic (exact) mass is 334 g/mol. The maximum absolute atomic E-state index is 12.0. The summed E-state index contributed by atoms with van der Waals surface area (Å²) >= 11 is 6.42. The zero-order chi connectivity index (χ0) is 13.4. The molecule has 0 bridgehead atoms. The van der Waals surface area contributed by atoms with Crippen LogP contribution in [0.1, 0.15) is 33.1 Å². The Morgan fingerprint density at radius 1 is 1.33 bits per heavy atom. The van der Waals surface area contributed by atoms with E-state index in [0.29, 0.717) is 13.0 Å². The van der Waals surface area contributed by atoms with Crippen molar-refractivity contribution in [3.05, 3.63) is 30.3 Å².